The van der Waals surface area contributed by atoms with Gasteiger partial charge in [0, 0.05) is 55.4 Å². The minimum atomic E-state index is -0.554. The molecule has 0 atom stereocenters. The lowest BCUT2D eigenvalue weighted by molar-refractivity contribution is -0.111. The number of carbonyl (C=O) groups is 2. The van der Waals surface area contributed by atoms with Crippen molar-refractivity contribution in [1.82, 2.24) is 14.9 Å². The van der Waals surface area contributed by atoms with Crippen LogP contribution in [0.1, 0.15) is 12.5 Å². The smallest absolute Gasteiger partial charge is 0.321 e. The summed E-state index contributed by atoms with van der Waals surface area (Å²) in [5, 5.41) is 8.70. The lowest BCUT2D eigenvalue weighted by atomic mass is 9.91. The summed E-state index contributed by atoms with van der Waals surface area (Å²) in [5.41, 5.74) is 4.95. The third kappa shape index (κ3) is 4.67. The molecule has 0 aliphatic carbocycles. The fraction of sp³-hybridized carbons (Fsp3) is 0.167. The highest BCUT2D eigenvalue weighted by Crippen LogP contribution is 2.35. The molecule has 2 aromatic heterocycles. The molecule has 33 heavy (non-hydrogen) atoms. The van der Waals surface area contributed by atoms with Crippen LogP contribution in [0.3, 0.4) is 0 Å². The number of hydrogen-bond acceptors (Lipinski definition) is 5. The van der Waals surface area contributed by atoms with Gasteiger partial charge in [0.2, 0.25) is 0 Å². The minimum Gasteiger partial charge on any atom is -0.381 e. The molecule has 3 N–H and O–H groups in total. The molecule has 9 heteroatoms. The van der Waals surface area contributed by atoms with Crippen molar-refractivity contribution in [3.63, 3.8) is 0 Å². The summed E-state index contributed by atoms with van der Waals surface area (Å²) < 4.78 is 14.1. The van der Waals surface area contributed by atoms with E-state index >= 15 is 0 Å². The van der Waals surface area contributed by atoms with Gasteiger partial charge in [-0.1, -0.05) is 6.07 Å². The predicted molar refractivity (Wildman–Crippen MR) is 126 cm³/mol. The van der Waals surface area contributed by atoms with Crippen LogP contribution in [0.4, 0.5) is 26.2 Å². The Morgan fingerprint density at radius 2 is 1.85 bits per heavy atom. The van der Waals surface area contributed by atoms with Crippen molar-refractivity contribution in [2.45, 2.75) is 6.92 Å². The minimum absolute atomic E-state index is 0.0209. The highest BCUT2D eigenvalue weighted by atomic mass is 19.1. The third-order valence-electron chi connectivity index (χ3n) is 5.23. The predicted octanol–water partition coefficient (Wildman–Crippen LogP) is 4.21. The summed E-state index contributed by atoms with van der Waals surface area (Å²) in [6.07, 6.45) is 5.85. The van der Waals surface area contributed by atoms with Crippen LogP contribution >= 0.6 is 0 Å². The summed E-state index contributed by atoms with van der Waals surface area (Å²) >= 11 is 0. The number of benzene rings is 1. The molecule has 1 aromatic carbocycles. The Morgan fingerprint density at radius 3 is 2.61 bits per heavy atom. The molecule has 0 unspecified atom stereocenters. The molecular weight excluding hydrogens is 423 g/mol. The Hall–Kier alpha value is -4.27. The van der Waals surface area contributed by atoms with E-state index in [4.69, 9.17) is 0 Å². The average molecular weight is 446 g/mol. The zero-order chi connectivity index (χ0) is 23.5. The van der Waals surface area contributed by atoms with E-state index in [1.807, 2.05) is 31.2 Å². The van der Waals surface area contributed by atoms with Crippen LogP contribution in [0, 0.1) is 5.82 Å². The number of anilines is 3. The number of nitrogens with one attached hydrogen (secondary N) is 3. The van der Waals surface area contributed by atoms with Gasteiger partial charge in [0.25, 0.3) is 5.91 Å². The molecule has 1 aliphatic heterocycles. The molecule has 0 radical (unpaired) electrons. The Kier molecular flexibility index (Phi) is 6.03. The van der Waals surface area contributed by atoms with E-state index < -0.39 is 11.7 Å². The number of carbonyl (C=O) groups excluding carboxylic acids is 2. The van der Waals surface area contributed by atoms with Crippen LogP contribution < -0.4 is 16.0 Å². The standard InChI is InChI=1S/C24H23FN6O2/c1-14-10-28-20-5-4-15(16-8-17(12-27-11-16)29-24(33)31(2)3)9-18(20)22(14)23(32)30-21-13-26-7-6-19(21)25/h4-9,11-13,28H,10H2,1-3H3,(H,29,33)(H,30,32). The van der Waals surface area contributed by atoms with Crippen LogP contribution in [0.2, 0.25) is 0 Å². The number of aromatic nitrogens is 2. The van der Waals surface area contributed by atoms with Crippen molar-refractivity contribution in [1.29, 1.82) is 0 Å². The van der Waals surface area contributed by atoms with E-state index in [1.165, 1.54) is 23.4 Å². The summed E-state index contributed by atoms with van der Waals surface area (Å²) in [7, 11) is 3.31. The van der Waals surface area contributed by atoms with E-state index in [2.05, 4.69) is 25.9 Å². The summed E-state index contributed by atoms with van der Waals surface area (Å²) in [6.45, 7) is 2.36. The number of fused-ring (bicyclic) bond motifs is 1. The number of amides is 3. The van der Waals surface area contributed by atoms with Gasteiger partial charge >= 0.3 is 6.03 Å². The van der Waals surface area contributed by atoms with Crippen molar-refractivity contribution in [3.8, 4) is 11.1 Å². The molecular formula is C24H23FN6O2. The lowest BCUT2D eigenvalue weighted by Crippen LogP contribution is -2.27. The van der Waals surface area contributed by atoms with E-state index in [-0.39, 0.29) is 11.7 Å². The largest absolute Gasteiger partial charge is 0.381 e. The molecule has 0 saturated heterocycles. The molecule has 8 nitrogen and oxygen atoms in total. The lowest BCUT2D eigenvalue weighted by Gasteiger charge is -2.23. The monoisotopic (exact) mass is 446 g/mol. The second kappa shape index (κ2) is 9.07. The van der Waals surface area contributed by atoms with E-state index in [9.17, 15) is 14.0 Å². The van der Waals surface area contributed by atoms with Crippen LogP contribution in [0.5, 0.6) is 0 Å². The number of hydrogen-bond donors (Lipinski definition) is 3. The van der Waals surface area contributed by atoms with Crippen molar-refractivity contribution < 1.29 is 14.0 Å². The number of halogens is 1. The van der Waals surface area contributed by atoms with E-state index in [1.54, 1.807) is 26.5 Å². The maximum absolute atomic E-state index is 14.1. The fourth-order valence-electron chi connectivity index (χ4n) is 3.50. The normalized spacial score (nSPS) is 12.5. The Labute approximate surface area is 190 Å². The van der Waals surface area contributed by atoms with Gasteiger partial charge in [-0.15, -0.1) is 0 Å². The number of nitrogens with zero attached hydrogens (tertiary/aromatic N) is 3. The van der Waals surface area contributed by atoms with Crippen molar-refractivity contribution in [3.05, 3.63) is 72.1 Å². The van der Waals surface area contributed by atoms with Crippen LogP contribution in [0.15, 0.2) is 60.7 Å². The highest BCUT2D eigenvalue weighted by Gasteiger charge is 2.24. The summed E-state index contributed by atoms with van der Waals surface area (Å²) in [5.74, 6) is -0.966. The molecule has 1 aliphatic rings. The van der Waals surface area contributed by atoms with Gasteiger partial charge in [-0.25, -0.2) is 9.18 Å². The molecule has 0 spiro atoms. The highest BCUT2D eigenvalue weighted by molar-refractivity contribution is 6.28. The Balaban J connectivity index is 1.68. The first-order valence-electron chi connectivity index (χ1n) is 10.3. The summed E-state index contributed by atoms with van der Waals surface area (Å²) in [6, 6.07) is 8.43. The maximum Gasteiger partial charge on any atom is 0.321 e. The molecule has 3 heterocycles. The molecule has 0 bridgehead atoms. The molecule has 0 fully saturated rings. The summed E-state index contributed by atoms with van der Waals surface area (Å²) in [4.78, 5) is 34.6. The third-order valence-corrected chi connectivity index (χ3v) is 5.23. The van der Waals surface area contributed by atoms with Crippen LogP contribution in [-0.4, -0.2) is 47.4 Å². The first-order chi connectivity index (χ1) is 15.8. The second-order valence-corrected chi connectivity index (χ2v) is 7.87. The number of rotatable bonds is 4. The fourth-order valence-corrected chi connectivity index (χ4v) is 3.50. The topological polar surface area (TPSA) is 99.2 Å². The van der Waals surface area contributed by atoms with Crippen molar-refractivity contribution in [2.75, 3.05) is 36.6 Å². The SMILES string of the molecule is CC1=C(C(=O)Nc2cnccc2F)c2cc(-c3cncc(NC(=O)N(C)C)c3)ccc2NC1. The van der Waals surface area contributed by atoms with E-state index in [0.29, 0.717) is 23.4 Å². The van der Waals surface area contributed by atoms with Crippen molar-refractivity contribution in [2.24, 2.45) is 0 Å². The Morgan fingerprint density at radius 1 is 1.03 bits per heavy atom. The van der Waals surface area contributed by atoms with Gasteiger partial charge in [-0.2, -0.15) is 0 Å². The maximum atomic E-state index is 14.1. The quantitative estimate of drug-likeness (QED) is 0.558. The average Bonchev–Trinajstić information content (AvgIpc) is 2.80. The second-order valence-electron chi connectivity index (χ2n) is 7.87. The van der Waals surface area contributed by atoms with Gasteiger partial charge < -0.3 is 20.9 Å². The zero-order valence-corrected chi connectivity index (χ0v) is 18.4. The Bertz CT molecular complexity index is 1270. The van der Waals surface area contributed by atoms with Gasteiger partial charge in [-0.05, 0) is 42.3 Å². The van der Waals surface area contributed by atoms with Crippen LogP contribution in [-0.2, 0) is 4.79 Å². The number of urea groups is 1. The van der Waals surface area contributed by atoms with E-state index in [0.717, 1.165) is 22.4 Å². The molecule has 0 saturated carbocycles. The van der Waals surface area contributed by atoms with Gasteiger partial charge in [0.1, 0.15) is 5.82 Å². The van der Waals surface area contributed by atoms with Crippen molar-refractivity contribution >= 4 is 34.6 Å². The van der Waals surface area contributed by atoms with Gasteiger partial charge in [0.05, 0.1) is 23.8 Å². The molecule has 3 amide bonds. The van der Waals surface area contributed by atoms with Gasteiger partial charge in [0.15, 0.2) is 0 Å². The zero-order valence-electron chi connectivity index (χ0n) is 18.4. The molecule has 3 aromatic rings. The first-order valence-corrected chi connectivity index (χ1v) is 10.3. The van der Waals surface area contributed by atoms with Gasteiger partial charge in [-0.3, -0.25) is 14.8 Å². The van der Waals surface area contributed by atoms with Crippen LogP contribution in [0.25, 0.3) is 16.7 Å². The first kappa shape index (κ1) is 21.9. The number of pyridine rings is 2. The molecule has 4 rings (SSSR count). The molecule has 168 valence electrons.